The van der Waals surface area contributed by atoms with Gasteiger partial charge in [0.25, 0.3) is 0 Å². The van der Waals surface area contributed by atoms with Crippen molar-refractivity contribution in [2.24, 2.45) is 11.8 Å². The summed E-state index contributed by atoms with van der Waals surface area (Å²) in [6.07, 6.45) is 11.6. The van der Waals surface area contributed by atoms with Gasteiger partial charge in [0.15, 0.2) is 0 Å². The number of allylic oxidation sites excluding steroid dienone is 4. The largest absolute Gasteiger partial charge is 0.0814 e. The van der Waals surface area contributed by atoms with Crippen molar-refractivity contribution in [3.63, 3.8) is 0 Å². The van der Waals surface area contributed by atoms with Gasteiger partial charge in [-0.15, -0.1) is 0 Å². The Bertz CT molecular complexity index is 241. The van der Waals surface area contributed by atoms with Crippen LogP contribution in [0.25, 0.3) is 0 Å². The summed E-state index contributed by atoms with van der Waals surface area (Å²) in [6, 6.07) is 0. The molecule has 0 bridgehead atoms. The van der Waals surface area contributed by atoms with Crippen molar-refractivity contribution in [2.75, 3.05) is 0 Å². The Kier molecular flexibility index (Phi) is 5.14. The minimum Gasteiger partial charge on any atom is -0.0814 e. The van der Waals surface area contributed by atoms with E-state index in [4.69, 9.17) is 0 Å². The summed E-state index contributed by atoms with van der Waals surface area (Å²) in [4.78, 5) is 0. The van der Waals surface area contributed by atoms with E-state index in [1.165, 1.54) is 37.7 Å². The molecule has 1 aliphatic carbocycles. The number of hydrogen-bond donors (Lipinski definition) is 0. The van der Waals surface area contributed by atoms with Crippen molar-refractivity contribution >= 4 is 0 Å². The van der Waals surface area contributed by atoms with Crippen LogP contribution in [0.4, 0.5) is 0 Å². The van der Waals surface area contributed by atoms with Crippen molar-refractivity contribution in [3.8, 4) is 0 Å². The normalized spacial score (nSPS) is 31.1. The molecule has 0 amide bonds. The lowest BCUT2D eigenvalue weighted by molar-refractivity contribution is 0.444. The summed E-state index contributed by atoms with van der Waals surface area (Å²) < 4.78 is 0. The molecule has 86 valence electrons. The van der Waals surface area contributed by atoms with Crippen molar-refractivity contribution in [1.82, 2.24) is 0 Å². The first-order valence-corrected chi connectivity index (χ1v) is 6.44. The molecule has 0 aromatic carbocycles. The fourth-order valence-corrected chi connectivity index (χ4v) is 2.21. The van der Waals surface area contributed by atoms with Gasteiger partial charge < -0.3 is 0 Å². The van der Waals surface area contributed by atoms with Gasteiger partial charge in [0.1, 0.15) is 0 Å². The molecule has 0 heteroatoms. The smallest absolute Gasteiger partial charge is 0.0259 e. The fourth-order valence-electron chi connectivity index (χ4n) is 2.21. The molecule has 0 aromatic heterocycles. The maximum Gasteiger partial charge on any atom is -0.0259 e. The van der Waals surface area contributed by atoms with Crippen LogP contribution in [0.5, 0.6) is 0 Å². The van der Waals surface area contributed by atoms with Gasteiger partial charge in [0.05, 0.1) is 0 Å². The van der Waals surface area contributed by atoms with E-state index in [9.17, 15) is 0 Å². The van der Waals surface area contributed by atoms with Crippen LogP contribution in [0.2, 0.25) is 0 Å². The molecule has 0 spiro atoms. The Morgan fingerprint density at radius 1 is 1.13 bits per heavy atom. The molecule has 2 atom stereocenters. The summed E-state index contributed by atoms with van der Waals surface area (Å²) in [6.45, 7) is 9.21. The average molecular weight is 206 g/mol. The topological polar surface area (TPSA) is 0 Å². The molecule has 0 radical (unpaired) electrons. The third kappa shape index (κ3) is 4.68. The monoisotopic (exact) mass is 206 g/mol. The average Bonchev–Trinajstić information content (AvgIpc) is 2.16. The van der Waals surface area contributed by atoms with E-state index >= 15 is 0 Å². The van der Waals surface area contributed by atoms with E-state index in [-0.39, 0.29) is 0 Å². The Balaban J connectivity index is 2.72. The van der Waals surface area contributed by atoms with Gasteiger partial charge in [-0.1, -0.05) is 44.4 Å². The third-order valence-corrected chi connectivity index (χ3v) is 3.53. The molecule has 0 fully saturated rings. The Hall–Kier alpha value is -0.520. The Morgan fingerprint density at radius 2 is 1.87 bits per heavy atom. The Labute approximate surface area is 95.5 Å². The van der Waals surface area contributed by atoms with Crippen LogP contribution < -0.4 is 0 Å². The molecular formula is C15H26. The van der Waals surface area contributed by atoms with Crippen LogP contribution in [-0.4, -0.2) is 0 Å². The Morgan fingerprint density at radius 3 is 2.53 bits per heavy atom. The second-order valence-electron chi connectivity index (χ2n) is 5.44. The maximum atomic E-state index is 2.40. The molecule has 0 aromatic rings. The van der Waals surface area contributed by atoms with E-state index < -0.39 is 0 Å². The van der Waals surface area contributed by atoms with E-state index in [2.05, 4.69) is 39.8 Å². The molecule has 15 heavy (non-hydrogen) atoms. The molecule has 0 nitrogen and oxygen atoms in total. The zero-order chi connectivity index (χ0) is 11.3. The highest BCUT2D eigenvalue weighted by atomic mass is 14.1. The minimum atomic E-state index is 0.754. The van der Waals surface area contributed by atoms with Gasteiger partial charge in [-0.3, -0.25) is 0 Å². The summed E-state index contributed by atoms with van der Waals surface area (Å²) in [7, 11) is 0. The molecule has 0 heterocycles. The van der Waals surface area contributed by atoms with Gasteiger partial charge in [-0.05, 0) is 50.5 Å². The van der Waals surface area contributed by atoms with Crippen LogP contribution in [0, 0.1) is 11.8 Å². The van der Waals surface area contributed by atoms with Gasteiger partial charge in [0.2, 0.25) is 0 Å². The van der Waals surface area contributed by atoms with Gasteiger partial charge in [-0.25, -0.2) is 0 Å². The molecule has 2 unspecified atom stereocenters. The van der Waals surface area contributed by atoms with E-state index in [1.807, 2.05) is 0 Å². The summed E-state index contributed by atoms with van der Waals surface area (Å²) in [5.74, 6) is 1.66. The highest BCUT2D eigenvalue weighted by Gasteiger charge is 2.08. The second kappa shape index (κ2) is 6.15. The molecule has 0 saturated carbocycles. The van der Waals surface area contributed by atoms with E-state index in [1.54, 1.807) is 5.57 Å². The predicted octanol–water partition coefficient (Wildman–Crippen LogP) is 5.12. The zero-order valence-corrected chi connectivity index (χ0v) is 10.8. The zero-order valence-electron chi connectivity index (χ0n) is 10.8. The second-order valence-corrected chi connectivity index (χ2v) is 5.44. The predicted molar refractivity (Wildman–Crippen MR) is 68.9 cm³/mol. The molecule has 0 N–H and O–H groups in total. The van der Waals surface area contributed by atoms with E-state index in [0.29, 0.717) is 0 Å². The molecule has 0 saturated heterocycles. The van der Waals surface area contributed by atoms with Crippen molar-refractivity contribution in [2.45, 2.75) is 59.8 Å². The van der Waals surface area contributed by atoms with Crippen LogP contribution in [0.15, 0.2) is 23.3 Å². The van der Waals surface area contributed by atoms with Crippen LogP contribution in [0.3, 0.4) is 0 Å². The van der Waals surface area contributed by atoms with Gasteiger partial charge in [-0.2, -0.15) is 0 Å². The molecule has 1 rings (SSSR count). The van der Waals surface area contributed by atoms with Crippen molar-refractivity contribution < 1.29 is 0 Å². The van der Waals surface area contributed by atoms with Gasteiger partial charge >= 0.3 is 0 Å². The number of hydrogen-bond acceptors (Lipinski definition) is 0. The first-order valence-electron chi connectivity index (χ1n) is 6.44. The SMILES string of the molecule is CC(C)=C1/C=C\C(C)CCCC(C)CC1. The maximum absolute atomic E-state index is 2.40. The van der Waals surface area contributed by atoms with Crippen LogP contribution in [-0.2, 0) is 0 Å². The summed E-state index contributed by atoms with van der Waals surface area (Å²) >= 11 is 0. The first kappa shape index (κ1) is 12.5. The lowest BCUT2D eigenvalue weighted by Crippen LogP contribution is -2.00. The molecular weight excluding hydrogens is 180 g/mol. The lowest BCUT2D eigenvalue weighted by atomic mass is 9.90. The van der Waals surface area contributed by atoms with Crippen LogP contribution in [0.1, 0.15) is 59.8 Å². The van der Waals surface area contributed by atoms with Crippen molar-refractivity contribution in [3.05, 3.63) is 23.3 Å². The van der Waals surface area contributed by atoms with Crippen molar-refractivity contribution in [1.29, 1.82) is 0 Å². The summed E-state index contributed by atoms with van der Waals surface area (Å²) in [5, 5.41) is 0. The summed E-state index contributed by atoms with van der Waals surface area (Å²) in [5.41, 5.74) is 3.06. The molecule has 0 aliphatic heterocycles. The quantitative estimate of drug-likeness (QED) is 0.516. The number of rotatable bonds is 0. The third-order valence-electron chi connectivity index (χ3n) is 3.53. The fraction of sp³-hybridized carbons (Fsp3) is 0.733. The van der Waals surface area contributed by atoms with Crippen LogP contribution >= 0.6 is 0 Å². The highest BCUT2D eigenvalue weighted by Crippen LogP contribution is 2.24. The first-order chi connectivity index (χ1) is 7.09. The van der Waals surface area contributed by atoms with Gasteiger partial charge in [0, 0.05) is 0 Å². The highest BCUT2D eigenvalue weighted by molar-refractivity contribution is 5.24. The molecule has 1 aliphatic rings. The standard InChI is InChI=1S/C15H26/c1-12(2)15-10-8-13(3)6-5-7-14(4)9-11-15/h8,10,13-14H,5-7,9,11H2,1-4H3/b10-8-. The minimum absolute atomic E-state index is 0.754. The lowest BCUT2D eigenvalue weighted by Gasteiger charge is -2.16. The van der Waals surface area contributed by atoms with E-state index in [0.717, 1.165) is 11.8 Å².